The van der Waals surface area contributed by atoms with Gasteiger partial charge in [-0.05, 0) is 70.4 Å². The Kier molecular flexibility index (Phi) is 9.36. The van der Waals surface area contributed by atoms with Gasteiger partial charge < -0.3 is 14.9 Å². The summed E-state index contributed by atoms with van der Waals surface area (Å²) in [6.07, 6.45) is 1.61. The zero-order valence-corrected chi connectivity index (χ0v) is 23.1. The van der Waals surface area contributed by atoms with Gasteiger partial charge in [0.25, 0.3) is 0 Å². The topological polar surface area (TPSA) is 61.2 Å². The molecule has 4 aromatic rings. The van der Waals surface area contributed by atoms with Crippen LogP contribution in [-0.2, 0) is 18.9 Å². The van der Waals surface area contributed by atoms with Gasteiger partial charge in [0.05, 0.1) is 17.6 Å². The number of ether oxygens (including phenoxy) is 2. The smallest absolute Gasteiger partial charge is 0.210 e. The van der Waals surface area contributed by atoms with Crippen LogP contribution in [0.25, 0.3) is 0 Å². The van der Waals surface area contributed by atoms with Crippen LogP contribution in [0, 0.1) is 5.82 Å². The predicted octanol–water partition coefficient (Wildman–Crippen LogP) is 7.50. The van der Waals surface area contributed by atoms with Crippen LogP contribution in [-0.4, -0.2) is 21.5 Å². The zero-order valence-electron chi connectivity index (χ0n) is 19.2. The van der Waals surface area contributed by atoms with Crippen molar-refractivity contribution in [2.24, 2.45) is 0 Å². The maximum atomic E-state index is 13.1. The van der Waals surface area contributed by atoms with Gasteiger partial charge >= 0.3 is 0 Å². The Morgan fingerprint density at radius 1 is 1.06 bits per heavy atom. The van der Waals surface area contributed by atoms with Gasteiger partial charge in [-0.15, -0.1) is 10.2 Å². The number of hydrogen-bond acceptors (Lipinski definition) is 6. The molecule has 36 heavy (non-hydrogen) atoms. The first kappa shape index (κ1) is 26.6. The van der Waals surface area contributed by atoms with Gasteiger partial charge in [0.2, 0.25) is 5.16 Å². The van der Waals surface area contributed by atoms with Crippen molar-refractivity contribution in [2.75, 3.05) is 12.0 Å². The van der Waals surface area contributed by atoms with Crippen LogP contribution < -0.4 is 14.9 Å². The molecule has 0 saturated heterocycles. The maximum Gasteiger partial charge on any atom is 0.210 e. The highest BCUT2D eigenvalue weighted by Crippen LogP contribution is 2.38. The molecule has 3 aromatic carbocycles. The van der Waals surface area contributed by atoms with E-state index in [4.69, 9.17) is 32.7 Å². The molecule has 0 saturated carbocycles. The van der Waals surface area contributed by atoms with E-state index >= 15 is 0 Å². The molecule has 0 amide bonds. The summed E-state index contributed by atoms with van der Waals surface area (Å²) in [5, 5.41) is 9.98. The fourth-order valence-electron chi connectivity index (χ4n) is 3.25. The molecule has 1 N–H and O–H groups in total. The third kappa shape index (κ3) is 7.06. The Balaban J connectivity index is 1.42. The molecule has 1 heterocycles. The van der Waals surface area contributed by atoms with Crippen molar-refractivity contribution in [3.05, 3.63) is 98.0 Å². The second-order valence-corrected chi connectivity index (χ2v) is 10.2. The minimum absolute atomic E-state index is 0.253. The fourth-order valence-corrected chi connectivity index (χ4v) is 5.16. The van der Waals surface area contributed by atoms with E-state index in [-0.39, 0.29) is 12.4 Å². The molecule has 0 unspecified atom stereocenters. The zero-order chi connectivity index (χ0) is 25.5. The first-order valence-electron chi connectivity index (χ1n) is 11.0. The number of hydrogen-bond donors (Lipinski definition) is 1. The second-order valence-electron chi connectivity index (χ2n) is 7.60. The lowest BCUT2D eigenvalue weighted by molar-refractivity contribution is 0.267. The van der Waals surface area contributed by atoms with Crippen LogP contribution >= 0.6 is 50.9 Å². The molecule has 1 aromatic heterocycles. The average Bonchev–Trinajstić information content (AvgIpc) is 3.30. The van der Waals surface area contributed by atoms with E-state index in [1.54, 1.807) is 35.3 Å². The highest BCUT2D eigenvalue weighted by molar-refractivity contribution is 9.10. The molecular weight excluding hydrogens is 590 g/mol. The van der Waals surface area contributed by atoms with Crippen LogP contribution in [0.2, 0.25) is 10.0 Å². The van der Waals surface area contributed by atoms with Gasteiger partial charge in [-0.1, -0.05) is 53.2 Å². The van der Waals surface area contributed by atoms with Crippen molar-refractivity contribution in [2.45, 2.75) is 31.0 Å². The van der Waals surface area contributed by atoms with Crippen molar-refractivity contribution < 1.29 is 13.9 Å². The Hall–Kier alpha value is -2.46. The predicted molar refractivity (Wildman–Crippen MR) is 145 cm³/mol. The van der Waals surface area contributed by atoms with E-state index in [9.17, 15) is 4.39 Å². The Bertz CT molecular complexity index is 1320. The number of nitrogens with zero attached hydrogens (tertiary/aromatic N) is 3. The number of rotatable bonds is 11. The van der Waals surface area contributed by atoms with Crippen molar-refractivity contribution >= 4 is 50.9 Å². The van der Waals surface area contributed by atoms with Crippen LogP contribution in [0.5, 0.6) is 11.5 Å². The molecule has 0 aliphatic heterocycles. The number of halogens is 4. The van der Waals surface area contributed by atoms with Crippen molar-refractivity contribution in [3.63, 3.8) is 0 Å². The summed E-state index contributed by atoms with van der Waals surface area (Å²) in [5.41, 5.74) is 6.08. The second kappa shape index (κ2) is 12.7. The third-order valence-electron chi connectivity index (χ3n) is 5.01. The lowest BCUT2D eigenvalue weighted by atomic mass is 10.2. The van der Waals surface area contributed by atoms with E-state index < -0.39 is 0 Å². The first-order chi connectivity index (χ1) is 17.4. The van der Waals surface area contributed by atoms with Gasteiger partial charge in [0, 0.05) is 21.4 Å². The molecule has 0 aliphatic rings. The normalized spacial score (nSPS) is 10.9. The Morgan fingerprint density at radius 3 is 2.61 bits per heavy atom. The van der Waals surface area contributed by atoms with Gasteiger partial charge in [0.1, 0.15) is 18.8 Å². The summed E-state index contributed by atoms with van der Waals surface area (Å²) >= 11 is 17.4. The average molecular weight is 612 g/mol. The van der Waals surface area contributed by atoms with Gasteiger partial charge in [-0.25, -0.2) is 9.07 Å². The number of aromatic nitrogens is 3. The summed E-state index contributed by atoms with van der Waals surface area (Å²) < 4.78 is 27.6. The van der Waals surface area contributed by atoms with Gasteiger partial charge in [-0.3, -0.25) is 0 Å². The van der Waals surface area contributed by atoms with Crippen LogP contribution in [0.4, 0.5) is 4.39 Å². The molecule has 11 heteroatoms. The lowest BCUT2D eigenvalue weighted by Gasteiger charge is -2.17. The van der Waals surface area contributed by atoms with Gasteiger partial charge in [0.15, 0.2) is 11.5 Å². The molecule has 0 atom stereocenters. The van der Waals surface area contributed by atoms with Crippen molar-refractivity contribution in [3.8, 4) is 11.5 Å². The SMILES string of the molecule is CCOc1cc(CNn2cnnc2SCc2ccc(F)cc2)cc(Br)c1OCc1ccc(Cl)cc1Cl. The van der Waals surface area contributed by atoms with Crippen LogP contribution in [0.15, 0.2) is 70.6 Å². The molecule has 0 spiro atoms. The molecule has 6 nitrogen and oxygen atoms in total. The van der Waals surface area contributed by atoms with E-state index in [0.717, 1.165) is 21.2 Å². The first-order valence-corrected chi connectivity index (χ1v) is 13.5. The van der Waals surface area contributed by atoms with Crippen LogP contribution in [0.1, 0.15) is 23.6 Å². The summed E-state index contributed by atoms with van der Waals surface area (Å²) in [7, 11) is 0. The summed E-state index contributed by atoms with van der Waals surface area (Å²) in [4.78, 5) is 0. The number of benzene rings is 3. The Morgan fingerprint density at radius 2 is 1.86 bits per heavy atom. The molecule has 4 rings (SSSR count). The maximum absolute atomic E-state index is 13.1. The van der Waals surface area contributed by atoms with Gasteiger partial charge in [-0.2, -0.15) is 0 Å². The monoisotopic (exact) mass is 610 g/mol. The quantitative estimate of drug-likeness (QED) is 0.177. The largest absolute Gasteiger partial charge is 0.490 e. The number of thioether (sulfide) groups is 1. The molecule has 0 radical (unpaired) electrons. The third-order valence-corrected chi connectivity index (χ3v) is 7.20. The summed E-state index contributed by atoms with van der Waals surface area (Å²) in [5.74, 6) is 1.59. The highest BCUT2D eigenvalue weighted by Gasteiger charge is 2.14. The fraction of sp³-hybridized carbons (Fsp3) is 0.200. The van der Waals surface area contributed by atoms with E-state index in [1.165, 1.54) is 23.9 Å². The summed E-state index contributed by atoms with van der Waals surface area (Å²) in [6.45, 7) is 3.16. The van der Waals surface area contributed by atoms with Crippen molar-refractivity contribution in [1.29, 1.82) is 0 Å². The lowest BCUT2D eigenvalue weighted by Crippen LogP contribution is -2.15. The Labute approximate surface area is 231 Å². The van der Waals surface area contributed by atoms with E-state index in [2.05, 4.69) is 31.6 Å². The van der Waals surface area contributed by atoms with Crippen LogP contribution in [0.3, 0.4) is 0 Å². The number of nitrogens with one attached hydrogen (secondary N) is 1. The molecule has 0 bridgehead atoms. The summed E-state index contributed by atoms with van der Waals surface area (Å²) in [6, 6.07) is 15.6. The minimum atomic E-state index is -0.253. The molecular formula is C25H22BrCl2FN4O2S. The standard InChI is InChI=1S/C25H22BrCl2FN4O2S/c1-2-34-23-10-17(9-21(26)24(23)35-13-18-5-6-19(27)11-22(18)28)12-31-33-15-30-32-25(33)36-14-16-3-7-20(29)8-4-16/h3-11,15,31H,2,12-14H2,1H3. The van der Waals surface area contributed by atoms with E-state index in [1.807, 2.05) is 25.1 Å². The van der Waals surface area contributed by atoms with Crippen molar-refractivity contribution in [1.82, 2.24) is 14.9 Å². The minimum Gasteiger partial charge on any atom is -0.490 e. The van der Waals surface area contributed by atoms with E-state index in [0.29, 0.717) is 45.6 Å². The molecule has 0 fully saturated rings. The molecule has 0 aliphatic carbocycles. The molecule has 188 valence electrons. The highest BCUT2D eigenvalue weighted by atomic mass is 79.9.